The molecule has 1 saturated carbocycles. The molecule has 1 aliphatic carbocycles. The number of rotatable bonds is 5. The van der Waals surface area contributed by atoms with E-state index in [-0.39, 0.29) is 12.2 Å². The van der Waals surface area contributed by atoms with Gasteiger partial charge in [0, 0.05) is 19.7 Å². The van der Waals surface area contributed by atoms with Gasteiger partial charge in [0.2, 0.25) is 0 Å². The second-order valence-electron chi connectivity index (χ2n) is 9.04. The van der Waals surface area contributed by atoms with Crippen molar-refractivity contribution in [2.24, 2.45) is 5.92 Å². The summed E-state index contributed by atoms with van der Waals surface area (Å²) in [6.45, 7) is 10.2. The van der Waals surface area contributed by atoms with E-state index in [9.17, 15) is 4.79 Å². The fourth-order valence-electron chi connectivity index (χ4n) is 3.93. The van der Waals surface area contributed by atoms with E-state index in [1.165, 1.54) is 0 Å². The minimum atomic E-state index is -0.429. The Morgan fingerprint density at radius 2 is 1.65 bits per heavy atom. The molecule has 6 nitrogen and oxygen atoms in total. The lowest BCUT2D eigenvalue weighted by molar-refractivity contribution is -0.109. The number of carbonyl (C=O) groups is 1. The molecule has 2 heterocycles. The molecular weight excluding hydrogens is 332 g/mol. The van der Waals surface area contributed by atoms with Crippen LogP contribution in [0.3, 0.4) is 0 Å². The lowest BCUT2D eigenvalue weighted by atomic mass is 9.82. The number of hydrogen-bond acceptors (Lipinski definition) is 5. The summed E-state index contributed by atoms with van der Waals surface area (Å²) in [6, 6.07) is 0. The predicted molar refractivity (Wildman–Crippen MR) is 100 cm³/mol. The third kappa shape index (κ3) is 6.10. The molecule has 2 saturated heterocycles. The van der Waals surface area contributed by atoms with Crippen molar-refractivity contribution in [2.45, 2.75) is 83.2 Å². The number of piperidine rings is 2. The zero-order chi connectivity index (χ0) is 18.6. The summed E-state index contributed by atoms with van der Waals surface area (Å²) in [7, 11) is 0. The van der Waals surface area contributed by atoms with E-state index in [1.54, 1.807) is 4.90 Å². The number of ether oxygens (including phenoxy) is 3. The van der Waals surface area contributed by atoms with Crippen LogP contribution in [-0.2, 0) is 14.2 Å². The molecular formula is C20H36N2O4. The van der Waals surface area contributed by atoms with E-state index in [4.69, 9.17) is 14.2 Å². The number of carbonyl (C=O) groups excluding carboxylic acids is 1. The average molecular weight is 369 g/mol. The van der Waals surface area contributed by atoms with Crippen LogP contribution >= 0.6 is 0 Å². The van der Waals surface area contributed by atoms with Crippen LogP contribution in [0.1, 0.15) is 59.3 Å². The third-order valence-corrected chi connectivity index (χ3v) is 5.52. The molecule has 0 radical (unpaired) electrons. The van der Waals surface area contributed by atoms with Crippen molar-refractivity contribution in [1.82, 2.24) is 10.2 Å². The van der Waals surface area contributed by atoms with Gasteiger partial charge in [0.05, 0.1) is 18.3 Å². The molecule has 0 aromatic heterocycles. The number of likely N-dealkylation sites (tertiary alicyclic amines) is 1. The Balaban J connectivity index is 1.25. The summed E-state index contributed by atoms with van der Waals surface area (Å²) in [4.78, 5) is 13.9. The van der Waals surface area contributed by atoms with Crippen LogP contribution in [0.4, 0.5) is 4.79 Å². The smallest absolute Gasteiger partial charge is 0.410 e. The Kier molecular flexibility index (Phi) is 6.81. The van der Waals surface area contributed by atoms with Gasteiger partial charge in [-0.25, -0.2) is 4.79 Å². The summed E-state index contributed by atoms with van der Waals surface area (Å²) in [6.07, 6.45) is 7.36. The highest BCUT2D eigenvalue weighted by atomic mass is 16.6. The Morgan fingerprint density at radius 3 is 2.27 bits per heavy atom. The lowest BCUT2D eigenvalue weighted by Gasteiger charge is -2.39. The minimum absolute atomic E-state index is 0.201. The monoisotopic (exact) mass is 368 g/mol. The summed E-state index contributed by atoms with van der Waals surface area (Å²) < 4.78 is 17.7. The van der Waals surface area contributed by atoms with Crippen molar-refractivity contribution in [1.29, 1.82) is 0 Å². The zero-order valence-electron chi connectivity index (χ0n) is 16.7. The van der Waals surface area contributed by atoms with Gasteiger partial charge >= 0.3 is 6.09 Å². The predicted octanol–water partition coefficient (Wildman–Crippen LogP) is 2.95. The van der Waals surface area contributed by atoms with Gasteiger partial charge in [-0.05, 0) is 78.3 Å². The average Bonchev–Trinajstić information content (AvgIpc) is 2.56. The second-order valence-corrected chi connectivity index (χ2v) is 9.04. The molecule has 3 fully saturated rings. The van der Waals surface area contributed by atoms with Crippen molar-refractivity contribution in [2.75, 3.05) is 32.8 Å². The summed E-state index contributed by atoms with van der Waals surface area (Å²) >= 11 is 0. The molecule has 26 heavy (non-hydrogen) atoms. The molecule has 3 aliphatic rings. The summed E-state index contributed by atoms with van der Waals surface area (Å²) in [5.74, 6) is 0.644. The standard InChI is InChI=1S/C20H36N2O4/c1-20(2,3)26-19(23)22-10-6-16(7-11-22)24-14-15-12-18(13-15)25-17-4-8-21-9-5-17/h15-18,21H,4-14H2,1-3H3. The van der Waals surface area contributed by atoms with E-state index in [0.29, 0.717) is 18.1 Å². The van der Waals surface area contributed by atoms with Gasteiger partial charge in [-0.3, -0.25) is 0 Å². The quantitative estimate of drug-likeness (QED) is 0.808. The topological polar surface area (TPSA) is 60.0 Å². The molecule has 0 aromatic rings. The molecule has 0 bridgehead atoms. The molecule has 1 amide bonds. The van der Waals surface area contributed by atoms with Gasteiger partial charge in [-0.1, -0.05) is 0 Å². The first-order chi connectivity index (χ1) is 12.4. The van der Waals surface area contributed by atoms with Gasteiger partial charge < -0.3 is 24.4 Å². The van der Waals surface area contributed by atoms with E-state index < -0.39 is 5.60 Å². The maximum atomic E-state index is 12.1. The molecule has 1 N–H and O–H groups in total. The highest BCUT2D eigenvalue weighted by Gasteiger charge is 2.33. The maximum Gasteiger partial charge on any atom is 0.410 e. The largest absolute Gasteiger partial charge is 0.444 e. The van der Waals surface area contributed by atoms with Gasteiger partial charge in [0.15, 0.2) is 0 Å². The first-order valence-corrected chi connectivity index (χ1v) is 10.3. The van der Waals surface area contributed by atoms with E-state index in [1.807, 2.05) is 20.8 Å². The molecule has 6 heteroatoms. The number of hydrogen-bond donors (Lipinski definition) is 1. The van der Waals surface area contributed by atoms with Crippen molar-refractivity contribution in [3.63, 3.8) is 0 Å². The molecule has 3 rings (SSSR count). The number of amides is 1. The summed E-state index contributed by atoms with van der Waals surface area (Å²) in [5.41, 5.74) is -0.429. The Bertz CT molecular complexity index is 445. The highest BCUT2D eigenvalue weighted by molar-refractivity contribution is 5.68. The zero-order valence-corrected chi connectivity index (χ0v) is 16.7. The first kappa shape index (κ1) is 19.9. The molecule has 150 valence electrons. The van der Waals surface area contributed by atoms with Crippen LogP contribution < -0.4 is 5.32 Å². The van der Waals surface area contributed by atoms with Crippen molar-refractivity contribution in [3.8, 4) is 0 Å². The number of nitrogens with zero attached hydrogens (tertiary/aromatic N) is 1. The van der Waals surface area contributed by atoms with Crippen LogP contribution in [0, 0.1) is 5.92 Å². The van der Waals surface area contributed by atoms with E-state index in [0.717, 1.165) is 71.3 Å². The van der Waals surface area contributed by atoms with Crippen molar-refractivity contribution < 1.29 is 19.0 Å². The Hall–Kier alpha value is -0.850. The fraction of sp³-hybridized carbons (Fsp3) is 0.950. The molecule has 0 spiro atoms. The molecule has 0 aromatic carbocycles. The van der Waals surface area contributed by atoms with E-state index >= 15 is 0 Å². The summed E-state index contributed by atoms with van der Waals surface area (Å²) in [5, 5.41) is 3.38. The van der Waals surface area contributed by atoms with Gasteiger partial charge in [-0.2, -0.15) is 0 Å². The van der Waals surface area contributed by atoms with Gasteiger partial charge in [0.1, 0.15) is 5.60 Å². The van der Waals surface area contributed by atoms with Crippen molar-refractivity contribution in [3.05, 3.63) is 0 Å². The van der Waals surface area contributed by atoms with Crippen LogP contribution in [0.25, 0.3) is 0 Å². The van der Waals surface area contributed by atoms with Crippen LogP contribution in [0.5, 0.6) is 0 Å². The maximum absolute atomic E-state index is 12.1. The van der Waals surface area contributed by atoms with Crippen LogP contribution in [0.15, 0.2) is 0 Å². The molecule has 0 unspecified atom stereocenters. The molecule has 0 atom stereocenters. The molecule has 2 aliphatic heterocycles. The Morgan fingerprint density at radius 1 is 1.00 bits per heavy atom. The number of nitrogens with one attached hydrogen (secondary N) is 1. The normalized spacial score (nSPS) is 28.7. The van der Waals surface area contributed by atoms with Crippen LogP contribution in [-0.4, -0.2) is 67.7 Å². The third-order valence-electron chi connectivity index (χ3n) is 5.52. The minimum Gasteiger partial charge on any atom is -0.444 e. The van der Waals surface area contributed by atoms with Crippen LogP contribution in [0.2, 0.25) is 0 Å². The van der Waals surface area contributed by atoms with Gasteiger partial charge in [-0.15, -0.1) is 0 Å². The van der Waals surface area contributed by atoms with Crippen molar-refractivity contribution >= 4 is 6.09 Å². The Labute approximate surface area is 157 Å². The van der Waals surface area contributed by atoms with E-state index in [2.05, 4.69) is 5.32 Å². The fourth-order valence-corrected chi connectivity index (χ4v) is 3.93. The second kappa shape index (κ2) is 8.89. The lowest BCUT2D eigenvalue weighted by Crippen LogP contribution is -2.44. The first-order valence-electron chi connectivity index (χ1n) is 10.3. The highest BCUT2D eigenvalue weighted by Crippen LogP contribution is 2.33. The van der Waals surface area contributed by atoms with Gasteiger partial charge in [0.25, 0.3) is 0 Å². The SMILES string of the molecule is CC(C)(C)OC(=O)N1CCC(OCC2CC(OC3CCNCC3)C2)CC1.